The van der Waals surface area contributed by atoms with Gasteiger partial charge >= 0.3 is 0 Å². The Morgan fingerprint density at radius 1 is 0.964 bits per heavy atom. The molecule has 0 spiro atoms. The summed E-state index contributed by atoms with van der Waals surface area (Å²) in [6.45, 7) is 13.3. The van der Waals surface area contributed by atoms with Gasteiger partial charge in [0.15, 0.2) is 0 Å². The van der Waals surface area contributed by atoms with Gasteiger partial charge in [-0.25, -0.2) is 8.78 Å². The molecule has 0 amide bonds. The molecule has 1 fully saturated rings. The zero-order valence-electron chi connectivity index (χ0n) is 18.0. The van der Waals surface area contributed by atoms with Gasteiger partial charge in [-0.3, -0.25) is 0 Å². The van der Waals surface area contributed by atoms with Crippen molar-refractivity contribution in [1.29, 1.82) is 0 Å². The fourth-order valence-electron chi connectivity index (χ4n) is 2.42. The molecule has 0 N–H and O–H groups in total. The average molecular weight is 482 g/mol. The second-order valence-electron chi connectivity index (χ2n) is 6.94. The van der Waals surface area contributed by atoms with Crippen molar-refractivity contribution in [3.8, 4) is 0 Å². The van der Waals surface area contributed by atoms with Gasteiger partial charge in [0.25, 0.3) is 6.11 Å². The molecule has 1 aromatic carbocycles. The van der Waals surface area contributed by atoms with Gasteiger partial charge in [0, 0.05) is 53.5 Å². The fourth-order valence-corrected chi connectivity index (χ4v) is 2.42. The molecule has 0 aromatic heterocycles. The monoisotopic (exact) mass is 482 g/mol. The van der Waals surface area contributed by atoms with Crippen LogP contribution in [0.3, 0.4) is 0 Å². The Hall–Kier alpha value is -0.0461. The minimum absolute atomic E-state index is 0. The van der Waals surface area contributed by atoms with E-state index in [0.29, 0.717) is 7.11 Å². The van der Waals surface area contributed by atoms with Crippen LogP contribution in [0.5, 0.6) is 0 Å². The summed E-state index contributed by atoms with van der Waals surface area (Å²) in [4.78, 5) is 0. The van der Waals surface area contributed by atoms with Gasteiger partial charge in [0.1, 0.15) is 5.60 Å². The van der Waals surface area contributed by atoms with E-state index in [1.165, 1.54) is 0 Å². The summed E-state index contributed by atoms with van der Waals surface area (Å²) < 4.78 is 53.7. The van der Waals surface area contributed by atoms with Gasteiger partial charge in [-0.05, 0) is 41.5 Å². The van der Waals surface area contributed by atoms with E-state index in [2.05, 4.69) is 44.1 Å². The summed E-state index contributed by atoms with van der Waals surface area (Å²) in [6, 6.07) is 12.0. The molecule has 1 radical (unpaired) electrons. The van der Waals surface area contributed by atoms with E-state index in [-0.39, 0.29) is 49.5 Å². The average Bonchev–Trinajstić information content (AvgIpc) is 3.17. The van der Waals surface area contributed by atoms with Crippen LogP contribution in [0.2, 0.25) is 0 Å². The normalized spacial score (nSPS) is 20.1. The van der Waals surface area contributed by atoms with Crippen LogP contribution in [0.4, 0.5) is 13.2 Å². The molecule has 1 aliphatic rings. The maximum Gasteiger partial charge on any atom is 0.284 e. The number of ether oxygens (including phenoxy) is 4. The summed E-state index contributed by atoms with van der Waals surface area (Å²) in [6.07, 6.45) is -5.86. The molecule has 0 aliphatic carbocycles. The van der Waals surface area contributed by atoms with Gasteiger partial charge < -0.3 is 23.3 Å². The molecule has 1 saturated heterocycles. The zero-order chi connectivity index (χ0) is 21.4. The minimum atomic E-state index is -3.92. The van der Waals surface area contributed by atoms with E-state index in [0.717, 1.165) is 13.7 Å². The van der Waals surface area contributed by atoms with E-state index in [9.17, 15) is 13.2 Å². The number of epoxide rings is 1. The maximum absolute atomic E-state index is 11.8. The van der Waals surface area contributed by atoms with Crippen LogP contribution in [0.1, 0.15) is 41.5 Å². The molecule has 4 nitrogen and oxygen atoms in total. The zero-order valence-corrected chi connectivity index (χ0v) is 20.9. The van der Waals surface area contributed by atoms with E-state index in [1.54, 1.807) is 0 Å². The molecule has 1 aliphatic heterocycles. The van der Waals surface area contributed by atoms with Crippen LogP contribution < -0.4 is 0 Å². The van der Waals surface area contributed by atoms with Crippen LogP contribution in [0.25, 0.3) is 0 Å². The van der Waals surface area contributed by atoms with Crippen molar-refractivity contribution < 1.29 is 64.8 Å². The third kappa shape index (κ3) is 8.76. The molecule has 161 valence electrons. The van der Waals surface area contributed by atoms with Crippen molar-refractivity contribution in [2.24, 2.45) is 0 Å². The number of halogens is 3. The Morgan fingerprint density at radius 3 is 1.50 bits per heavy atom. The van der Waals surface area contributed by atoms with Gasteiger partial charge in [0.05, 0.1) is 17.6 Å². The molecule has 1 unspecified atom stereocenters. The number of rotatable bonds is 6. The minimum Gasteiger partial charge on any atom is -0.512 e. The second kappa shape index (κ2) is 12.6. The van der Waals surface area contributed by atoms with Gasteiger partial charge in [-0.15, -0.1) is 0 Å². The van der Waals surface area contributed by atoms with E-state index in [4.69, 9.17) is 9.47 Å². The predicted molar refractivity (Wildman–Crippen MR) is 99.0 cm³/mol. The first-order valence-electron chi connectivity index (χ1n) is 8.65. The first kappa shape index (κ1) is 30.1. The van der Waals surface area contributed by atoms with Crippen molar-refractivity contribution in [1.82, 2.24) is 0 Å². The summed E-state index contributed by atoms with van der Waals surface area (Å²) in [7, 11) is 1.47. The van der Waals surface area contributed by atoms with E-state index >= 15 is 0 Å². The molecule has 0 saturated carbocycles. The standard InChI is InChI=1S/C10H20O2.C6H6.C4H6F3O2.Y/c1-7-11-8(2,3)10(6)9(4,5)12-10;1-2-4-6-5-3-1;1-8-3(5)4(6,7)9-2;/h7H2,1-6H3;1-6H;1-2H3;/q;;-1;. The van der Waals surface area contributed by atoms with Crippen LogP contribution in [-0.2, 0) is 51.7 Å². The van der Waals surface area contributed by atoms with Crippen molar-refractivity contribution in [3.63, 3.8) is 0 Å². The number of methoxy groups -OCH3 is 2. The number of hydrogen-bond donors (Lipinski definition) is 0. The number of benzene rings is 1. The van der Waals surface area contributed by atoms with Gasteiger partial charge in [-0.2, -0.15) is 0 Å². The Morgan fingerprint density at radius 2 is 1.32 bits per heavy atom. The molecular weight excluding hydrogens is 450 g/mol. The van der Waals surface area contributed by atoms with Crippen molar-refractivity contribution in [2.75, 3.05) is 20.8 Å². The molecule has 1 aromatic rings. The van der Waals surface area contributed by atoms with Crippen LogP contribution in [0.15, 0.2) is 36.4 Å². The smallest absolute Gasteiger partial charge is 0.284 e. The largest absolute Gasteiger partial charge is 0.512 e. The Kier molecular flexibility index (Phi) is 13.6. The van der Waals surface area contributed by atoms with Crippen molar-refractivity contribution in [2.45, 2.75) is 64.5 Å². The summed E-state index contributed by atoms with van der Waals surface area (Å²) in [5.74, 6) is 0. The van der Waals surface area contributed by atoms with Crippen LogP contribution in [0, 0.1) is 6.36 Å². The first-order valence-corrected chi connectivity index (χ1v) is 8.65. The summed E-state index contributed by atoms with van der Waals surface area (Å²) in [5, 5.41) is 0. The third-order valence-electron chi connectivity index (χ3n) is 4.55. The Balaban J connectivity index is 0. The summed E-state index contributed by atoms with van der Waals surface area (Å²) in [5.41, 5.74) is -0.354. The SMILES string of the molecule is CCOC(C)(C)C1(C)OC1(C)C.CO[C-](F)C(F)(F)OC.[Y].c1ccccc1. The molecule has 8 heteroatoms. The second-order valence-corrected chi connectivity index (χ2v) is 6.94. The molecule has 1 heterocycles. The third-order valence-corrected chi connectivity index (χ3v) is 4.55. The fraction of sp³-hybridized carbons (Fsp3) is 0.650. The predicted octanol–water partition coefficient (Wildman–Crippen LogP) is 5.38. The number of hydrogen-bond acceptors (Lipinski definition) is 4. The van der Waals surface area contributed by atoms with Gasteiger partial charge in [-0.1, -0.05) is 36.4 Å². The van der Waals surface area contributed by atoms with Crippen molar-refractivity contribution >= 4 is 0 Å². The maximum atomic E-state index is 11.8. The van der Waals surface area contributed by atoms with Gasteiger partial charge in [0.2, 0.25) is 0 Å². The topological polar surface area (TPSA) is 40.2 Å². The van der Waals surface area contributed by atoms with E-state index in [1.807, 2.05) is 43.3 Å². The molecule has 2 rings (SSSR count). The quantitative estimate of drug-likeness (QED) is 0.403. The molecule has 1 atom stereocenters. The Bertz CT molecular complexity index is 503. The molecule has 28 heavy (non-hydrogen) atoms. The first-order chi connectivity index (χ1) is 12.3. The number of alkyl halides is 2. The summed E-state index contributed by atoms with van der Waals surface area (Å²) >= 11 is 0. The van der Waals surface area contributed by atoms with E-state index < -0.39 is 12.5 Å². The van der Waals surface area contributed by atoms with Crippen molar-refractivity contribution in [3.05, 3.63) is 42.8 Å². The molecule has 0 bridgehead atoms. The van der Waals surface area contributed by atoms with Crippen LogP contribution in [-0.4, -0.2) is 43.7 Å². The molecular formula is C20H32F3O4Y-. The Labute approximate surface area is 192 Å². The van der Waals surface area contributed by atoms with Crippen LogP contribution >= 0.6 is 0 Å².